The fraction of sp³-hybridized carbons (Fsp3) is 0.889. The molecule has 0 aromatic carbocycles. The van der Waals surface area contributed by atoms with Gasteiger partial charge in [-0.25, -0.2) is 0 Å². The van der Waals surface area contributed by atoms with E-state index in [4.69, 9.17) is 6.58 Å². The fourth-order valence-corrected chi connectivity index (χ4v) is 93.3. The molecule has 0 aromatic heterocycles. The van der Waals surface area contributed by atoms with Crippen LogP contribution in [0, 0.1) is 0 Å². The standard InChI is InChI=1S/C13H18N.C5H5.Fe/c1-12(13-7-3-4-8-13)11-14-9-5-2-6-10-14;1-2-4-5-3-1;/h3-4,7-8H,1-2,5-6,9-11H2;1-5H;. The van der Waals surface area contributed by atoms with Crippen molar-refractivity contribution in [2.45, 2.75) is 66.9 Å². The SMILES string of the molecule is C=C(CN1CCCCC1)[C]12[CH]3[CH]4[CH]5[CH]1[Fe]45321678[CH]2[CH]1[CH]6[CH]7[CH]28. The minimum atomic E-state index is -2.86. The van der Waals surface area contributed by atoms with Crippen molar-refractivity contribution >= 4 is 0 Å². The zero-order valence-corrected chi connectivity index (χ0v) is 13.1. The van der Waals surface area contributed by atoms with Gasteiger partial charge in [0.15, 0.2) is 0 Å². The van der Waals surface area contributed by atoms with E-state index in [0.29, 0.717) is 0 Å². The molecule has 4 unspecified atom stereocenters. The summed E-state index contributed by atoms with van der Waals surface area (Å²) in [5.74, 6) is 0. The monoisotopic (exact) mass is 309 g/mol. The van der Waals surface area contributed by atoms with Crippen molar-refractivity contribution in [2.75, 3.05) is 19.6 Å². The molecule has 1 nitrogen and oxygen atoms in total. The molecule has 0 radical (unpaired) electrons. The van der Waals surface area contributed by atoms with Gasteiger partial charge in [0.1, 0.15) is 0 Å². The van der Waals surface area contributed by atoms with E-state index in [9.17, 15) is 0 Å². The third kappa shape index (κ3) is 0.101. The van der Waals surface area contributed by atoms with Crippen LogP contribution in [-0.2, 0) is 6.51 Å². The van der Waals surface area contributed by atoms with Crippen LogP contribution in [0.25, 0.3) is 0 Å². The van der Waals surface area contributed by atoms with Gasteiger partial charge in [0.2, 0.25) is 0 Å². The molecule has 11 saturated heterocycles. The van der Waals surface area contributed by atoms with E-state index in [1.165, 1.54) is 82.2 Å². The Balaban J connectivity index is 1.21. The Hall–Kier alpha value is 0.219. The minimum absolute atomic E-state index is 0.969. The van der Waals surface area contributed by atoms with E-state index in [0.717, 1.165) is 4.31 Å². The summed E-state index contributed by atoms with van der Waals surface area (Å²) in [5.41, 5.74) is 1.85. The van der Waals surface area contributed by atoms with Gasteiger partial charge >= 0.3 is 110 Å². The van der Waals surface area contributed by atoms with Crippen molar-refractivity contribution in [3.63, 3.8) is 0 Å². The van der Waals surface area contributed by atoms with Crippen LogP contribution in [0.2, 0.25) is 47.7 Å². The molecular formula is C18H23FeN. The van der Waals surface area contributed by atoms with E-state index >= 15 is 0 Å². The van der Waals surface area contributed by atoms with Crippen LogP contribution in [0.1, 0.15) is 19.3 Å². The van der Waals surface area contributed by atoms with Crippen LogP contribution in [0.3, 0.4) is 0 Å². The molecule has 11 aliphatic heterocycles. The third-order valence-corrected chi connectivity index (χ3v) is 59.5. The number of likely N-dealkylation sites (tertiary alicyclic amines) is 1. The first-order valence-corrected chi connectivity index (χ1v) is 15.5. The molecule has 0 saturated carbocycles. The van der Waals surface area contributed by atoms with Crippen molar-refractivity contribution < 1.29 is 6.51 Å². The van der Waals surface area contributed by atoms with E-state index in [1.807, 2.05) is 5.57 Å². The normalized spacial score (nSPS) is 108. The van der Waals surface area contributed by atoms with Gasteiger partial charge < -0.3 is 0 Å². The number of hydrogen-bond donors (Lipinski definition) is 0. The summed E-state index contributed by atoms with van der Waals surface area (Å²) in [7, 11) is 0. The van der Waals surface area contributed by atoms with Gasteiger partial charge in [0.25, 0.3) is 0 Å². The second-order valence-electron chi connectivity index (χ2n) is 12.6. The van der Waals surface area contributed by atoms with Gasteiger partial charge in [-0.05, 0) is 0 Å². The van der Waals surface area contributed by atoms with Gasteiger partial charge in [-0.2, -0.15) is 0 Å². The average molecular weight is 309 g/mol. The molecule has 11 heterocycles. The zero-order valence-electron chi connectivity index (χ0n) is 11.9. The summed E-state index contributed by atoms with van der Waals surface area (Å²) in [6.45, 7) is 6.07. The van der Waals surface area contributed by atoms with Crippen LogP contribution in [0.4, 0.5) is 0 Å². The summed E-state index contributed by atoms with van der Waals surface area (Å²) in [4.78, 5) is 15.9. The van der Waals surface area contributed by atoms with Crippen molar-refractivity contribution in [1.82, 2.24) is 4.90 Å². The van der Waals surface area contributed by atoms with E-state index < -0.39 is 6.51 Å². The summed E-state index contributed by atoms with van der Waals surface area (Å²) in [5, 5.41) is 0. The Morgan fingerprint density at radius 2 is 1.45 bits per heavy atom. The predicted octanol–water partition coefficient (Wildman–Crippen LogP) is 4.79. The summed E-state index contributed by atoms with van der Waals surface area (Å²) in [6.07, 6.45) is 4.38. The Morgan fingerprint density at radius 1 is 0.900 bits per heavy atom. The molecule has 1 spiro atoms. The van der Waals surface area contributed by atoms with Crippen LogP contribution in [0.15, 0.2) is 12.2 Å². The van der Waals surface area contributed by atoms with Gasteiger partial charge in [-0.3, -0.25) is 0 Å². The molecule has 4 atom stereocenters. The van der Waals surface area contributed by atoms with Crippen molar-refractivity contribution in [1.29, 1.82) is 0 Å². The van der Waals surface area contributed by atoms with E-state index in [-0.39, 0.29) is 0 Å². The van der Waals surface area contributed by atoms with Gasteiger partial charge in [0, 0.05) is 0 Å². The summed E-state index contributed by atoms with van der Waals surface area (Å²) < 4.78 is 0.969. The summed E-state index contributed by atoms with van der Waals surface area (Å²) in [6, 6.07) is 0. The van der Waals surface area contributed by atoms with Crippen molar-refractivity contribution in [3.05, 3.63) is 12.2 Å². The average Bonchev–Trinajstić information content (AvgIpc) is 3.40. The van der Waals surface area contributed by atoms with E-state index in [1.54, 1.807) is 0 Å². The maximum atomic E-state index is 4.83. The Bertz CT molecular complexity index is 982. The molecule has 0 bridgehead atoms. The van der Waals surface area contributed by atoms with Gasteiger partial charge in [-0.1, -0.05) is 0 Å². The van der Waals surface area contributed by atoms with Crippen LogP contribution in [-0.4, -0.2) is 24.5 Å². The maximum absolute atomic E-state index is 4.83. The van der Waals surface area contributed by atoms with E-state index in [2.05, 4.69) is 4.90 Å². The van der Waals surface area contributed by atoms with Crippen molar-refractivity contribution in [3.8, 4) is 0 Å². The van der Waals surface area contributed by atoms with Crippen molar-refractivity contribution in [2.24, 2.45) is 0 Å². The summed E-state index contributed by atoms with van der Waals surface area (Å²) >= 11 is 0. The molecule has 0 aliphatic carbocycles. The first-order valence-electron chi connectivity index (χ1n) is 9.16. The molecule has 108 valence electrons. The second-order valence-corrected chi connectivity index (χ2v) is 36.2. The molecule has 0 amide bonds. The predicted molar refractivity (Wildman–Crippen MR) is 75.9 cm³/mol. The quantitative estimate of drug-likeness (QED) is 0.535. The van der Waals surface area contributed by atoms with Crippen LogP contribution in [0.5, 0.6) is 0 Å². The fourth-order valence-electron chi connectivity index (χ4n) is 18.7. The van der Waals surface area contributed by atoms with Gasteiger partial charge in [-0.15, -0.1) is 0 Å². The number of nitrogens with zero attached hydrogens (tertiary/aromatic N) is 1. The molecule has 0 aromatic rings. The number of rotatable bonds is 3. The van der Waals surface area contributed by atoms with Gasteiger partial charge in [0.05, 0.1) is 0 Å². The molecule has 2 heteroatoms. The molecule has 11 aliphatic rings. The third-order valence-electron chi connectivity index (χ3n) is 17.1. The second kappa shape index (κ2) is 0.784. The molecule has 11 rings (SSSR count). The molecule has 0 N–H and O–H groups in total. The number of fused-ring (bicyclic) bond motifs is 10. The number of hydrogen-bond acceptors (Lipinski definition) is 1. The first-order chi connectivity index (χ1) is 9.54. The van der Waals surface area contributed by atoms with Crippen LogP contribution >= 0.6 is 0 Å². The Kier molecular flexibility index (Phi) is 0.321. The molecule has 11 fully saturated rings. The number of piperidine rings is 1. The topological polar surface area (TPSA) is 3.24 Å². The Labute approximate surface area is 110 Å². The molecule has 20 heavy (non-hydrogen) atoms. The molecular weight excluding hydrogens is 286 g/mol. The first kappa shape index (κ1) is 8.18. The zero-order chi connectivity index (χ0) is 12.4. The Morgan fingerprint density at radius 3 is 1.85 bits per heavy atom. The van der Waals surface area contributed by atoms with Crippen LogP contribution < -0.4 is 0 Å².